The highest BCUT2D eigenvalue weighted by molar-refractivity contribution is 7.17. The van der Waals surface area contributed by atoms with E-state index in [9.17, 15) is 9.50 Å². The monoisotopic (exact) mass is 184 g/mol. The molecule has 0 spiro atoms. The molecule has 4 heteroatoms. The van der Waals surface area contributed by atoms with Crippen molar-refractivity contribution in [3.05, 3.63) is 23.3 Å². The first-order chi connectivity index (χ1) is 5.70. The highest BCUT2D eigenvalue weighted by Crippen LogP contribution is 2.37. The molecule has 0 aliphatic rings. The molecular formula is C8H5FO2S. The lowest BCUT2D eigenvalue weighted by atomic mass is 10.2. The smallest absolute Gasteiger partial charge is 0.166 e. The Morgan fingerprint density at radius 2 is 2.08 bits per heavy atom. The molecule has 1 aromatic carbocycles. The summed E-state index contributed by atoms with van der Waals surface area (Å²) in [5.74, 6) is -1.18. The van der Waals surface area contributed by atoms with Crippen molar-refractivity contribution in [2.75, 3.05) is 0 Å². The number of rotatable bonds is 0. The zero-order valence-electron chi connectivity index (χ0n) is 5.91. The van der Waals surface area contributed by atoms with Crippen LogP contribution in [-0.4, -0.2) is 10.2 Å². The van der Waals surface area contributed by atoms with Crippen LogP contribution in [0.15, 0.2) is 17.5 Å². The Kier molecular flexibility index (Phi) is 1.44. The van der Waals surface area contributed by atoms with Crippen molar-refractivity contribution in [1.82, 2.24) is 0 Å². The van der Waals surface area contributed by atoms with Crippen LogP contribution in [0.5, 0.6) is 11.5 Å². The minimum absolute atomic E-state index is 0.257. The van der Waals surface area contributed by atoms with Crippen molar-refractivity contribution in [2.45, 2.75) is 0 Å². The third-order valence-electron chi connectivity index (χ3n) is 1.64. The summed E-state index contributed by atoms with van der Waals surface area (Å²) in [7, 11) is 0. The van der Waals surface area contributed by atoms with E-state index in [0.29, 0.717) is 10.1 Å². The third kappa shape index (κ3) is 0.848. The van der Waals surface area contributed by atoms with Gasteiger partial charge in [0.2, 0.25) is 0 Å². The van der Waals surface area contributed by atoms with Crippen molar-refractivity contribution in [3.63, 3.8) is 0 Å². The van der Waals surface area contributed by atoms with Gasteiger partial charge in [0.1, 0.15) is 5.82 Å². The lowest BCUT2D eigenvalue weighted by molar-refractivity contribution is 0.405. The number of phenols is 2. The summed E-state index contributed by atoms with van der Waals surface area (Å²) >= 11 is 1.19. The molecule has 2 N–H and O–H groups in total. The van der Waals surface area contributed by atoms with Gasteiger partial charge in [0.05, 0.1) is 4.70 Å². The molecule has 2 rings (SSSR count). The Labute approximate surface area is 71.5 Å². The SMILES string of the molecule is Oc1cc(F)c2sccc2c1O. The van der Waals surface area contributed by atoms with Crippen LogP contribution in [0.2, 0.25) is 0 Å². The summed E-state index contributed by atoms with van der Waals surface area (Å²) in [5, 5.41) is 20.3. The van der Waals surface area contributed by atoms with Crippen LogP contribution >= 0.6 is 11.3 Å². The predicted molar refractivity (Wildman–Crippen MR) is 45.1 cm³/mol. The Morgan fingerprint density at radius 3 is 2.83 bits per heavy atom. The van der Waals surface area contributed by atoms with Crippen LogP contribution in [0.3, 0.4) is 0 Å². The molecule has 0 atom stereocenters. The molecule has 62 valence electrons. The van der Waals surface area contributed by atoms with Gasteiger partial charge >= 0.3 is 0 Å². The number of fused-ring (bicyclic) bond motifs is 1. The van der Waals surface area contributed by atoms with Crippen molar-refractivity contribution in [3.8, 4) is 11.5 Å². The maximum absolute atomic E-state index is 13.0. The van der Waals surface area contributed by atoms with E-state index < -0.39 is 11.6 Å². The van der Waals surface area contributed by atoms with Gasteiger partial charge in [0.15, 0.2) is 11.5 Å². The maximum Gasteiger partial charge on any atom is 0.166 e. The number of benzene rings is 1. The normalized spacial score (nSPS) is 10.8. The second kappa shape index (κ2) is 2.35. The van der Waals surface area contributed by atoms with Gasteiger partial charge in [-0.05, 0) is 11.4 Å². The van der Waals surface area contributed by atoms with Crippen LogP contribution in [0.1, 0.15) is 0 Å². The lowest BCUT2D eigenvalue weighted by Crippen LogP contribution is -1.75. The summed E-state index contributed by atoms with van der Waals surface area (Å²) < 4.78 is 13.4. The quantitative estimate of drug-likeness (QED) is 0.617. The molecule has 1 heterocycles. The average Bonchev–Trinajstić information content (AvgIpc) is 2.48. The van der Waals surface area contributed by atoms with Gasteiger partial charge < -0.3 is 10.2 Å². The van der Waals surface area contributed by atoms with Crippen molar-refractivity contribution >= 4 is 21.4 Å². The standard InChI is InChI=1S/C8H5FO2S/c9-5-3-6(10)7(11)4-1-2-12-8(4)5/h1-3,10-11H. The Bertz CT molecular complexity index is 436. The van der Waals surface area contributed by atoms with Gasteiger partial charge in [0.25, 0.3) is 0 Å². The van der Waals surface area contributed by atoms with Gasteiger partial charge in [-0.2, -0.15) is 0 Å². The fourth-order valence-electron chi connectivity index (χ4n) is 1.07. The topological polar surface area (TPSA) is 40.5 Å². The summed E-state index contributed by atoms with van der Waals surface area (Å²) in [4.78, 5) is 0. The molecular weight excluding hydrogens is 179 g/mol. The Morgan fingerprint density at radius 1 is 1.33 bits per heavy atom. The molecule has 0 aliphatic carbocycles. The largest absolute Gasteiger partial charge is 0.504 e. The summed E-state index contributed by atoms with van der Waals surface area (Å²) in [5.41, 5.74) is 0. The summed E-state index contributed by atoms with van der Waals surface area (Å²) in [6.07, 6.45) is 0. The van der Waals surface area contributed by atoms with Crippen molar-refractivity contribution < 1.29 is 14.6 Å². The minimum atomic E-state index is -0.504. The highest BCUT2D eigenvalue weighted by Gasteiger charge is 2.10. The molecule has 0 amide bonds. The van der Waals surface area contributed by atoms with Crippen molar-refractivity contribution in [2.24, 2.45) is 0 Å². The number of thiophene rings is 1. The van der Waals surface area contributed by atoms with Gasteiger partial charge in [-0.15, -0.1) is 11.3 Å². The van der Waals surface area contributed by atoms with E-state index in [1.807, 2.05) is 0 Å². The number of phenolic OH excluding ortho intramolecular Hbond substituents is 2. The summed E-state index contributed by atoms with van der Waals surface area (Å²) in [6, 6.07) is 2.48. The molecule has 12 heavy (non-hydrogen) atoms. The van der Waals surface area contributed by atoms with Gasteiger partial charge in [0, 0.05) is 11.5 Å². The lowest BCUT2D eigenvalue weighted by Gasteiger charge is -1.98. The fourth-order valence-corrected chi connectivity index (χ4v) is 1.88. The van der Waals surface area contributed by atoms with Gasteiger partial charge in [-0.25, -0.2) is 4.39 Å². The zero-order chi connectivity index (χ0) is 8.72. The van der Waals surface area contributed by atoms with Crippen LogP contribution in [-0.2, 0) is 0 Å². The Balaban J connectivity index is 2.97. The highest BCUT2D eigenvalue weighted by atomic mass is 32.1. The van der Waals surface area contributed by atoms with E-state index in [0.717, 1.165) is 6.07 Å². The van der Waals surface area contributed by atoms with E-state index >= 15 is 0 Å². The molecule has 0 saturated carbocycles. The molecule has 0 saturated heterocycles. The number of hydrogen-bond donors (Lipinski definition) is 2. The first-order valence-corrected chi connectivity index (χ1v) is 4.16. The molecule has 1 aromatic heterocycles. The van der Waals surface area contributed by atoms with Crippen LogP contribution in [0.4, 0.5) is 4.39 Å². The van der Waals surface area contributed by atoms with E-state index in [4.69, 9.17) is 5.11 Å². The molecule has 0 unspecified atom stereocenters. The van der Waals surface area contributed by atoms with Crippen LogP contribution in [0.25, 0.3) is 10.1 Å². The molecule has 0 bridgehead atoms. The number of halogens is 1. The van der Waals surface area contributed by atoms with Gasteiger partial charge in [-0.3, -0.25) is 0 Å². The average molecular weight is 184 g/mol. The summed E-state index contributed by atoms with van der Waals surface area (Å²) in [6.45, 7) is 0. The van der Waals surface area contributed by atoms with E-state index in [2.05, 4.69) is 0 Å². The minimum Gasteiger partial charge on any atom is -0.504 e. The van der Waals surface area contributed by atoms with Gasteiger partial charge in [-0.1, -0.05) is 0 Å². The molecule has 0 fully saturated rings. The number of aromatic hydroxyl groups is 2. The second-order valence-electron chi connectivity index (χ2n) is 2.39. The fraction of sp³-hybridized carbons (Fsp3) is 0. The van der Waals surface area contributed by atoms with E-state index in [1.54, 1.807) is 11.4 Å². The van der Waals surface area contributed by atoms with E-state index in [-0.39, 0.29) is 5.75 Å². The molecule has 2 aromatic rings. The third-order valence-corrected chi connectivity index (χ3v) is 2.57. The predicted octanol–water partition coefficient (Wildman–Crippen LogP) is 2.45. The van der Waals surface area contributed by atoms with Crippen LogP contribution in [0, 0.1) is 5.82 Å². The second-order valence-corrected chi connectivity index (χ2v) is 3.31. The maximum atomic E-state index is 13.0. The zero-order valence-corrected chi connectivity index (χ0v) is 6.73. The van der Waals surface area contributed by atoms with Crippen molar-refractivity contribution in [1.29, 1.82) is 0 Å². The molecule has 2 nitrogen and oxygen atoms in total. The molecule has 0 radical (unpaired) electrons. The van der Waals surface area contributed by atoms with E-state index in [1.165, 1.54) is 11.3 Å². The first-order valence-electron chi connectivity index (χ1n) is 3.28. The van der Waals surface area contributed by atoms with Crippen LogP contribution < -0.4 is 0 Å². The first kappa shape index (κ1) is 7.36. The number of hydrogen-bond acceptors (Lipinski definition) is 3. The molecule has 0 aliphatic heterocycles. The Hall–Kier alpha value is -1.29.